The lowest BCUT2D eigenvalue weighted by Gasteiger charge is -2.04. The molecule has 0 spiro atoms. The van der Waals surface area contributed by atoms with E-state index in [9.17, 15) is 14.9 Å². The van der Waals surface area contributed by atoms with E-state index in [1.54, 1.807) is 0 Å². The molecular formula is C14H10BrNO4. The van der Waals surface area contributed by atoms with Crippen LogP contribution in [0.4, 0.5) is 5.69 Å². The molecule has 20 heavy (non-hydrogen) atoms. The van der Waals surface area contributed by atoms with Crippen LogP contribution in [0.1, 0.15) is 21.5 Å². The third-order valence-electron chi connectivity index (χ3n) is 2.76. The highest BCUT2D eigenvalue weighted by molar-refractivity contribution is 9.10. The number of carboxylic acid groups (broad SMARTS) is 1. The minimum absolute atomic E-state index is 0.0775. The van der Waals surface area contributed by atoms with E-state index in [4.69, 9.17) is 5.11 Å². The molecule has 0 saturated heterocycles. The van der Waals surface area contributed by atoms with Gasteiger partial charge in [-0.15, -0.1) is 0 Å². The summed E-state index contributed by atoms with van der Waals surface area (Å²) in [6.45, 7) is 0. The fraction of sp³-hybridized carbons (Fsp3) is 0.0714. The summed E-state index contributed by atoms with van der Waals surface area (Å²) >= 11 is 3.33. The smallest absolute Gasteiger partial charge is 0.335 e. The molecule has 0 radical (unpaired) electrons. The number of non-ortho nitro benzene ring substituents is 1. The molecule has 0 bridgehead atoms. The highest BCUT2D eigenvalue weighted by Crippen LogP contribution is 2.21. The minimum atomic E-state index is -1.18. The van der Waals surface area contributed by atoms with Crippen molar-refractivity contribution in [2.24, 2.45) is 0 Å². The maximum absolute atomic E-state index is 11.0. The van der Waals surface area contributed by atoms with Gasteiger partial charge in [0.1, 0.15) is 0 Å². The summed E-state index contributed by atoms with van der Waals surface area (Å²) in [5.41, 5.74) is 1.26. The highest BCUT2D eigenvalue weighted by Gasteiger charge is 2.13. The Hall–Kier alpha value is -2.21. The summed E-state index contributed by atoms with van der Waals surface area (Å²) in [4.78, 5) is 21.2. The number of nitrogens with zero attached hydrogens (tertiary/aromatic N) is 1. The van der Waals surface area contributed by atoms with Crippen molar-refractivity contribution in [1.82, 2.24) is 0 Å². The number of halogens is 1. The zero-order valence-corrected chi connectivity index (χ0v) is 11.8. The average Bonchev–Trinajstić information content (AvgIpc) is 2.41. The number of nitro benzene ring substituents is 1. The number of rotatable bonds is 4. The highest BCUT2D eigenvalue weighted by atomic mass is 79.9. The van der Waals surface area contributed by atoms with Crippen LogP contribution in [0.15, 0.2) is 46.9 Å². The van der Waals surface area contributed by atoms with E-state index in [1.165, 1.54) is 12.1 Å². The molecule has 0 atom stereocenters. The van der Waals surface area contributed by atoms with E-state index >= 15 is 0 Å². The van der Waals surface area contributed by atoms with Crippen LogP contribution in [-0.4, -0.2) is 16.0 Å². The standard InChI is InChI=1S/C14H10BrNO4/c15-12-3-1-9(2-4-12)5-10-6-11(14(17)18)8-13(7-10)16(19)20/h1-4,6-8H,5H2,(H,17,18). The van der Waals surface area contributed by atoms with E-state index in [0.717, 1.165) is 16.1 Å². The molecule has 0 aliphatic heterocycles. The zero-order chi connectivity index (χ0) is 14.7. The van der Waals surface area contributed by atoms with Gasteiger partial charge in [0.25, 0.3) is 5.69 Å². The molecule has 102 valence electrons. The summed E-state index contributed by atoms with van der Waals surface area (Å²) in [5.74, 6) is -1.18. The molecule has 6 heteroatoms. The Kier molecular flexibility index (Phi) is 4.14. The predicted octanol–water partition coefficient (Wildman–Crippen LogP) is 3.65. The monoisotopic (exact) mass is 335 g/mol. The van der Waals surface area contributed by atoms with E-state index in [1.807, 2.05) is 24.3 Å². The van der Waals surface area contributed by atoms with Crippen LogP contribution in [0.2, 0.25) is 0 Å². The molecule has 1 N–H and O–H groups in total. The fourth-order valence-electron chi connectivity index (χ4n) is 1.84. The van der Waals surface area contributed by atoms with Gasteiger partial charge in [0.2, 0.25) is 0 Å². The first-order chi connectivity index (χ1) is 9.45. The largest absolute Gasteiger partial charge is 0.478 e. The minimum Gasteiger partial charge on any atom is -0.478 e. The lowest BCUT2D eigenvalue weighted by atomic mass is 10.0. The molecule has 0 aliphatic rings. The third-order valence-corrected chi connectivity index (χ3v) is 3.29. The Balaban J connectivity index is 2.37. The van der Waals surface area contributed by atoms with E-state index < -0.39 is 10.9 Å². The number of benzene rings is 2. The van der Waals surface area contributed by atoms with Crippen molar-refractivity contribution in [3.05, 3.63) is 73.7 Å². The van der Waals surface area contributed by atoms with Crippen molar-refractivity contribution in [3.63, 3.8) is 0 Å². The molecule has 0 unspecified atom stereocenters. The van der Waals surface area contributed by atoms with Gasteiger partial charge in [-0.2, -0.15) is 0 Å². The number of carbonyl (C=O) groups is 1. The molecule has 0 saturated carbocycles. The van der Waals surface area contributed by atoms with Crippen molar-refractivity contribution in [2.45, 2.75) is 6.42 Å². The summed E-state index contributed by atoms with van der Waals surface area (Å²) in [7, 11) is 0. The second-order valence-corrected chi connectivity index (χ2v) is 5.17. The number of nitro groups is 1. The fourth-order valence-corrected chi connectivity index (χ4v) is 2.11. The maximum atomic E-state index is 11.0. The molecule has 5 nitrogen and oxygen atoms in total. The normalized spacial score (nSPS) is 10.2. The number of hydrogen-bond donors (Lipinski definition) is 1. The van der Waals surface area contributed by atoms with Crippen LogP contribution in [-0.2, 0) is 6.42 Å². The topological polar surface area (TPSA) is 80.4 Å². The molecular weight excluding hydrogens is 326 g/mol. The van der Waals surface area contributed by atoms with E-state index in [0.29, 0.717) is 12.0 Å². The lowest BCUT2D eigenvalue weighted by molar-refractivity contribution is -0.384. The van der Waals surface area contributed by atoms with Crippen molar-refractivity contribution in [1.29, 1.82) is 0 Å². The molecule has 0 aliphatic carbocycles. The second-order valence-electron chi connectivity index (χ2n) is 4.25. The quantitative estimate of drug-likeness (QED) is 0.683. The van der Waals surface area contributed by atoms with E-state index in [2.05, 4.69) is 15.9 Å². The van der Waals surface area contributed by atoms with Crippen LogP contribution >= 0.6 is 15.9 Å². The van der Waals surface area contributed by atoms with Crippen LogP contribution in [0.25, 0.3) is 0 Å². The van der Waals surface area contributed by atoms with Crippen LogP contribution < -0.4 is 0 Å². The van der Waals surface area contributed by atoms with Crippen molar-refractivity contribution in [2.75, 3.05) is 0 Å². The van der Waals surface area contributed by atoms with Gasteiger partial charge in [0.15, 0.2) is 0 Å². The van der Waals surface area contributed by atoms with Crippen LogP contribution in [0, 0.1) is 10.1 Å². The number of hydrogen-bond acceptors (Lipinski definition) is 3. The van der Waals surface area contributed by atoms with Crippen molar-refractivity contribution >= 4 is 27.6 Å². The molecule has 0 heterocycles. The van der Waals surface area contributed by atoms with Gasteiger partial charge in [0, 0.05) is 16.6 Å². The Morgan fingerprint density at radius 3 is 2.35 bits per heavy atom. The van der Waals surface area contributed by atoms with E-state index in [-0.39, 0.29) is 11.3 Å². The summed E-state index contributed by atoms with van der Waals surface area (Å²) in [6, 6.07) is 11.4. The van der Waals surface area contributed by atoms with Gasteiger partial charge < -0.3 is 5.11 Å². The number of aromatic carboxylic acids is 1. The van der Waals surface area contributed by atoms with Crippen molar-refractivity contribution in [3.8, 4) is 0 Å². The van der Waals surface area contributed by atoms with Crippen molar-refractivity contribution < 1.29 is 14.8 Å². The first-order valence-corrected chi connectivity index (χ1v) is 6.51. The summed E-state index contributed by atoms with van der Waals surface area (Å²) in [6.07, 6.45) is 0.440. The van der Waals surface area contributed by atoms with Gasteiger partial charge in [-0.1, -0.05) is 28.1 Å². The molecule has 2 rings (SSSR count). The van der Waals surface area contributed by atoms with Crippen LogP contribution in [0.5, 0.6) is 0 Å². The SMILES string of the molecule is O=C(O)c1cc(Cc2ccc(Br)cc2)cc([N+](=O)[O-])c1. The molecule has 0 aromatic heterocycles. The van der Waals surface area contributed by atoms with Gasteiger partial charge in [-0.3, -0.25) is 10.1 Å². The summed E-state index contributed by atoms with van der Waals surface area (Å²) < 4.78 is 0.937. The Morgan fingerprint density at radius 1 is 1.15 bits per heavy atom. The Labute approximate surface area is 123 Å². The summed E-state index contributed by atoms with van der Waals surface area (Å²) in [5, 5.41) is 19.8. The van der Waals surface area contributed by atoms with Gasteiger partial charge in [0.05, 0.1) is 10.5 Å². The Morgan fingerprint density at radius 2 is 1.80 bits per heavy atom. The first kappa shape index (κ1) is 14.2. The van der Waals surface area contributed by atoms with Gasteiger partial charge in [-0.25, -0.2) is 4.79 Å². The molecule has 0 amide bonds. The molecule has 0 fully saturated rings. The van der Waals surface area contributed by atoms with Crippen LogP contribution in [0.3, 0.4) is 0 Å². The Bertz CT molecular complexity index is 635. The molecule has 2 aromatic rings. The molecule has 2 aromatic carbocycles. The lowest BCUT2D eigenvalue weighted by Crippen LogP contribution is -2.01. The third kappa shape index (κ3) is 3.42. The average molecular weight is 336 g/mol. The van der Waals surface area contributed by atoms with Gasteiger partial charge in [-0.05, 0) is 35.7 Å². The maximum Gasteiger partial charge on any atom is 0.335 e. The zero-order valence-electron chi connectivity index (χ0n) is 10.2. The van der Waals surface area contributed by atoms with Gasteiger partial charge >= 0.3 is 5.97 Å². The predicted molar refractivity (Wildman–Crippen MR) is 77.0 cm³/mol. The number of carboxylic acids is 1. The second kappa shape index (κ2) is 5.83. The first-order valence-electron chi connectivity index (χ1n) is 5.72.